The first-order chi connectivity index (χ1) is 10.0. The fourth-order valence-electron chi connectivity index (χ4n) is 2.24. The Morgan fingerprint density at radius 3 is 2.71 bits per heavy atom. The van der Waals surface area contributed by atoms with Crippen molar-refractivity contribution < 1.29 is 5.11 Å². The van der Waals surface area contributed by atoms with E-state index in [2.05, 4.69) is 10.2 Å². The summed E-state index contributed by atoms with van der Waals surface area (Å²) in [7, 11) is 3.96. The lowest BCUT2D eigenvalue weighted by molar-refractivity contribution is 0.388. The summed E-state index contributed by atoms with van der Waals surface area (Å²) in [5.74, 6) is 1.01. The Bertz CT molecular complexity index is 797. The van der Waals surface area contributed by atoms with Crippen LogP contribution in [0.5, 0.6) is 5.75 Å². The van der Waals surface area contributed by atoms with Crippen molar-refractivity contribution in [1.29, 1.82) is 0 Å². The quantitative estimate of drug-likeness (QED) is 0.808. The molecule has 1 aromatic carbocycles. The monoisotopic (exact) mass is 302 g/mol. The van der Waals surface area contributed by atoms with Crippen LogP contribution in [0.3, 0.4) is 0 Å². The van der Waals surface area contributed by atoms with Gasteiger partial charge in [-0.2, -0.15) is 0 Å². The van der Waals surface area contributed by atoms with E-state index in [4.69, 9.17) is 11.6 Å². The molecule has 0 spiro atoms. The molecule has 0 radical (unpaired) electrons. The highest BCUT2D eigenvalue weighted by molar-refractivity contribution is 6.30. The number of fused-ring (bicyclic) bond motifs is 1. The van der Waals surface area contributed by atoms with E-state index in [1.165, 1.54) is 6.07 Å². The summed E-state index contributed by atoms with van der Waals surface area (Å²) < 4.78 is 1.93. The number of benzene rings is 1. The van der Waals surface area contributed by atoms with E-state index in [1.54, 1.807) is 12.1 Å². The maximum atomic E-state index is 10.0. The molecule has 21 heavy (non-hydrogen) atoms. The Kier molecular flexibility index (Phi) is 3.53. The van der Waals surface area contributed by atoms with Crippen LogP contribution >= 0.6 is 11.6 Å². The molecule has 108 valence electrons. The third-order valence-corrected chi connectivity index (χ3v) is 3.44. The number of hydrogen-bond donors (Lipinski definition) is 1. The topological polar surface area (TPSA) is 53.7 Å². The number of rotatable bonds is 3. The number of pyridine rings is 1. The van der Waals surface area contributed by atoms with Crippen molar-refractivity contribution in [2.24, 2.45) is 0 Å². The van der Waals surface area contributed by atoms with Crippen LogP contribution in [0.1, 0.15) is 5.82 Å². The van der Waals surface area contributed by atoms with E-state index in [1.807, 2.05) is 41.7 Å². The largest absolute Gasteiger partial charge is 0.507 e. The fraction of sp³-hybridized carbons (Fsp3) is 0.200. The van der Waals surface area contributed by atoms with Crippen molar-refractivity contribution in [1.82, 2.24) is 19.5 Å². The van der Waals surface area contributed by atoms with Crippen molar-refractivity contribution in [3.05, 3.63) is 47.4 Å². The molecule has 0 saturated carbocycles. The average Bonchev–Trinajstić information content (AvgIpc) is 2.80. The first-order valence-corrected chi connectivity index (χ1v) is 6.89. The maximum absolute atomic E-state index is 10.0. The van der Waals surface area contributed by atoms with E-state index >= 15 is 0 Å². The van der Waals surface area contributed by atoms with Gasteiger partial charge in [0.15, 0.2) is 11.5 Å². The minimum atomic E-state index is 0.157. The molecule has 1 N–H and O–H groups in total. The van der Waals surface area contributed by atoms with E-state index < -0.39 is 0 Å². The van der Waals surface area contributed by atoms with Gasteiger partial charge in [-0.1, -0.05) is 11.6 Å². The summed E-state index contributed by atoms with van der Waals surface area (Å²) in [6.45, 7) is 0.692. The predicted octanol–water partition coefficient (Wildman–Crippen LogP) is 2.82. The highest BCUT2D eigenvalue weighted by Gasteiger charge is 2.10. The van der Waals surface area contributed by atoms with Gasteiger partial charge in [-0.15, -0.1) is 10.2 Å². The van der Waals surface area contributed by atoms with Crippen LogP contribution in [-0.2, 0) is 6.54 Å². The number of phenolic OH excluding ortho intramolecular Hbond substituents is 1. The Morgan fingerprint density at radius 1 is 1.19 bits per heavy atom. The molecule has 2 heterocycles. The molecule has 3 aromatic rings. The van der Waals surface area contributed by atoms with Gasteiger partial charge >= 0.3 is 0 Å². The number of nitrogens with zero attached hydrogens (tertiary/aromatic N) is 4. The minimum Gasteiger partial charge on any atom is -0.507 e. The first kappa shape index (κ1) is 13.9. The molecule has 5 nitrogen and oxygen atoms in total. The molecule has 0 aliphatic heterocycles. The molecule has 0 bridgehead atoms. The molecule has 0 atom stereocenters. The molecule has 3 rings (SSSR count). The lowest BCUT2D eigenvalue weighted by atomic mass is 10.1. The second kappa shape index (κ2) is 5.35. The molecule has 6 heteroatoms. The third kappa shape index (κ3) is 2.70. The lowest BCUT2D eigenvalue weighted by Gasteiger charge is -2.09. The number of aromatic hydroxyl groups is 1. The molecule has 0 aliphatic carbocycles. The van der Waals surface area contributed by atoms with Gasteiger partial charge in [-0.25, -0.2) is 0 Å². The standard InChI is InChI=1S/C15H15ClN4O/c1-19(2)9-15-18-17-14-6-3-10(8-20(14)15)12-5-4-11(16)7-13(12)21/h3-8,21H,9H2,1-2H3. The minimum absolute atomic E-state index is 0.157. The Morgan fingerprint density at radius 2 is 2.00 bits per heavy atom. The van der Waals surface area contributed by atoms with Gasteiger partial charge in [0.05, 0.1) is 6.54 Å². The number of aromatic nitrogens is 3. The van der Waals surface area contributed by atoms with Gasteiger partial charge in [0, 0.05) is 22.3 Å². The fourth-order valence-corrected chi connectivity index (χ4v) is 2.40. The van der Waals surface area contributed by atoms with Crippen LogP contribution < -0.4 is 0 Å². The highest BCUT2D eigenvalue weighted by Crippen LogP contribution is 2.31. The van der Waals surface area contributed by atoms with Crippen LogP contribution in [0.25, 0.3) is 16.8 Å². The Hall–Kier alpha value is -2.11. The molecule has 2 aromatic heterocycles. The molecule has 0 aliphatic rings. The zero-order valence-electron chi connectivity index (χ0n) is 11.8. The molecule has 0 saturated heterocycles. The third-order valence-electron chi connectivity index (χ3n) is 3.20. The van der Waals surface area contributed by atoms with Crippen molar-refractivity contribution in [3.8, 4) is 16.9 Å². The molecular weight excluding hydrogens is 288 g/mol. The Balaban J connectivity index is 2.11. The average molecular weight is 303 g/mol. The molecule has 0 fully saturated rings. The van der Waals surface area contributed by atoms with Crippen molar-refractivity contribution in [3.63, 3.8) is 0 Å². The van der Waals surface area contributed by atoms with E-state index in [0.29, 0.717) is 11.6 Å². The van der Waals surface area contributed by atoms with Crippen LogP contribution in [0.15, 0.2) is 36.5 Å². The second-order valence-corrected chi connectivity index (χ2v) is 5.60. The summed E-state index contributed by atoms with van der Waals surface area (Å²) in [5.41, 5.74) is 2.39. The summed E-state index contributed by atoms with van der Waals surface area (Å²) in [6, 6.07) is 8.89. The van der Waals surface area contributed by atoms with Gasteiger partial charge < -0.3 is 10.0 Å². The van der Waals surface area contributed by atoms with Crippen LogP contribution in [-0.4, -0.2) is 38.7 Å². The van der Waals surface area contributed by atoms with Crippen molar-refractivity contribution >= 4 is 17.2 Å². The van der Waals surface area contributed by atoms with Gasteiger partial charge in [-0.3, -0.25) is 4.40 Å². The van der Waals surface area contributed by atoms with Crippen LogP contribution in [0, 0.1) is 0 Å². The summed E-state index contributed by atoms with van der Waals surface area (Å²) >= 11 is 5.87. The summed E-state index contributed by atoms with van der Waals surface area (Å²) in [5, 5.41) is 18.9. The van der Waals surface area contributed by atoms with E-state index in [-0.39, 0.29) is 5.75 Å². The van der Waals surface area contributed by atoms with Gasteiger partial charge in [-0.05, 0) is 44.4 Å². The zero-order chi connectivity index (χ0) is 15.0. The van der Waals surface area contributed by atoms with E-state index in [0.717, 1.165) is 22.6 Å². The van der Waals surface area contributed by atoms with Crippen molar-refractivity contribution in [2.45, 2.75) is 6.54 Å². The van der Waals surface area contributed by atoms with Crippen LogP contribution in [0.4, 0.5) is 0 Å². The van der Waals surface area contributed by atoms with E-state index in [9.17, 15) is 5.11 Å². The van der Waals surface area contributed by atoms with Crippen LogP contribution in [0.2, 0.25) is 5.02 Å². The zero-order valence-corrected chi connectivity index (χ0v) is 12.5. The molecule has 0 unspecified atom stereocenters. The maximum Gasteiger partial charge on any atom is 0.160 e. The second-order valence-electron chi connectivity index (χ2n) is 5.16. The number of phenols is 1. The number of hydrogen-bond acceptors (Lipinski definition) is 4. The smallest absolute Gasteiger partial charge is 0.160 e. The van der Waals surface area contributed by atoms with Gasteiger partial charge in [0.1, 0.15) is 5.75 Å². The summed E-state index contributed by atoms with van der Waals surface area (Å²) in [6.07, 6.45) is 1.93. The SMILES string of the molecule is CN(C)Cc1nnc2ccc(-c3ccc(Cl)cc3O)cn12. The first-order valence-electron chi connectivity index (χ1n) is 6.52. The molecule has 0 amide bonds. The van der Waals surface area contributed by atoms with Gasteiger partial charge in [0.25, 0.3) is 0 Å². The highest BCUT2D eigenvalue weighted by atomic mass is 35.5. The van der Waals surface area contributed by atoms with Crippen molar-refractivity contribution in [2.75, 3.05) is 14.1 Å². The molecular formula is C15H15ClN4O. The summed E-state index contributed by atoms with van der Waals surface area (Å²) in [4.78, 5) is 2.03. The van der Waals surface area contributed by atoms with Gasteiger partial charge in [0.2, 0.25) is 0 Å². The number of halogens is 1. The normalized spacial score (nSPS) is 11.4. The predicted molar refractivity (Wildman–Crippen MR) is 82.5 cm³/mol. The lowest BCUT2D eigenvalue weighted by Crippen LogP contribution is -2.13. The Labute approximate surface area is 127 Å².